The quantitative estimate of drug-likeness (QED) is 0.764. The number of aliphatic hydroxyl groups is 1. The van der Waals surface area contributed by atoms with Gasteiger partial charge >= 0.3 is 6.03 Å². The van der Waals surface area contributed by atoms with Crippen molar-refractivity contribution in [1.29, 1.82) is 0 Å². The zero-order chi connectivity index (χ0) is 17.8. The van der Waals surface area contributed by atoms with Crippen LogP contribution in [-0.2, 0) is 0 Å². The van der Waals surface area contributed by atoms with E-state index in [2.05, 4.69) is 10.3 Å². The van der Waals surface area contributed by atoms with E-state index < -0.39 is 6.10 Å². The number of aliphatic hydroxyl groups excluding tert-OH is 1. The second-order valence-corrected chi connectivity index (χ2v) is 5.76. The normalized spacial score (nSPS) is 12.0. The fraction of sp³-hybridized carbons (Fsp3) is 0.158. The Balaban J connectivity index is 1.69. The fourth-order valence-corrected chi connectivity index (χ4v) is 2.55. The molecule has 5 nitrogen and oxygen atoms in total. The molecule has 0 spiro atoms. The third-order valence-electron chi connectivity index (χ3n) is 3.92. The van der Waals surface area contributed by atoms with E-state index in [1.165, 1.54) is 29.2 Å². The molecule has 6 heteroatoms. The number of fused-ring (bicyclic) bond motifs is 1. The van der Waals surface area contributed by atoms with Crippen LogP contribution in [0.5, 0.6) is 0 Å². The standard InChI is InChI=1S/C19H18FN3O2/c1-23(12-17(24)13-7-9-15(20)10-8-13)19(25)22-16-6-2-4-14-5-3-11-21-18(14)16/h2-11,17,24H,12H2,1H3,(H,22,25)/t17-/m0/s1. The number of halogens is 1. The van der Waals surface area contributed by atoms with Crippen molar-refractivity contribution in [1.82, 2.24) is 9.88 Å². The minimum Gasteiger partial charge on any atom is -0.387 e. The maximum atomic E-state index is 12.9. The zero-order valence-electron chi connectivity index (χ0n) is 13.7. The lowest BCUT2D eigenvalue weighted by Crippen LogP contribution is -2.34. The Morgan fingerprint density at radius 2 is 1.92 bits per heavy atom. The topological polar surface area (TPSA) is 65.5 Å². The second kappa shape index (κ2) is 7.27. The number of nitrogens with zero attached hydrogens (tertiary/aromatic N) is 2. The number of nitrogens with one attached hydrogen (secondary N) is 1. The number of likely N-dealkylation sites (N-methyl/N-ethyl adjacent to an activating group) is 1. The summed E-state index contributed by atoms with van der Waals surface area (Å²) in [6, 6.07) is 14.5. The molecule has 1 heterocycles. The predicted octanol–water partition coefficient (Wildman–Crippen LogP) is 3.57. The Morgan fingerprint density at radius 3 is 2.68 bits per heavy atom. The largest absolute Gasteiger partial charge is 0.387 e. The molecule has 25 heavy (non-hydrogen) atoms. The van der Waals surface area contributed by atoms with Crippen LogP contribution in [0.15, 0.2) is 60.8 Å². The van der Waals surface area contributed by atoms with Gasteiger partial charge in [0.25, 0.3) is 0 Å². The van der Waals surface area contributed by atoms with E-state index in [4.69, 9.17) is 0 Å². The summed E-state index contributed by atoms with van der Waals surface area (Å²) in [6.45, 7) is 0.0790. The summed E-state index contributed by atoms with van der Waals surface area (Å²) in [5, 5.41) is 13.9. The van der Waals surface area contributed by atoms with E-state index in [1.54, 1.807) is 19.3 Å². The van der Waals surface area contributed by atoms with Crippen LogP contribution in [0.1, 0.15) is 11.7 Å². The summed E-state index contributed by atoms with van der Waals surface area (Å²) >= 11 is 0. The number of benzene rings is 2. The highest BCUT2D eigenvalue weighted by atomic mass is 19.1. The lowest BCUT2D eigenvalue weighted by molar-refractivity contribution is 0.136. The molecule has 3 rings (SSSR count). The fourth-order valence-electron chi connectivity index (χ4n) is 2.55. The van der Waals surface area contributed by atoms with Gasteiger partial charge in [-0.2, -0.15) is 0 Å². The maximum absolute atomic E-state index is 12.9. The molecule has 128 valence electrons. The van der Waals surface area contributed by atoms with Crippen LogP contribution in [0, 0.1) is 5.82 Å². The summed E-state index contributed by atoms with van der Waals surface area (Å²) in [7, 11) is 1.58. The van der Waals surface area contributed by atoms with Crippen LogP contribution in [0.3, 0.4) is 0 Å². The van der Waals surface area contributed by atoms with Crippen LogP contribution in [-0.4, -0.2) is 34.6 Å². The van der Waals surface area contributed by atoms with Crippen molar-refractivity contribution in [2.45, 2.75) is 6.10 Å². The maximum Gasteiger partial charge on any atom is 0.321 e. The van der Waals surface area contributed by atoms with Crippen LogP contribution < -0.4 is 5.32 Å². The van der Waals surface area contributed by atoms with Gasteiger partial charge in [-0.05, 0) is 29.8 Å². The molecule has 2 N–H and O–H groups in total. The Kier molecular flexibility index (Phi) is 4.90. The minimum atomic E-state index is -0.901. The van der Waals surface area contributed by atoms with E-state index >= 15 is 0 Å². The van der Waals surface area contributed by atoms with Crippen molar-refractivity contribution in [3.8, 4) is 0 Å². The Labute approximate surface area is 144 Å². The molecule has 0 aliphatic heterocycles. The minimum absolute atomic E-state index is 0.0790. The molecular formula is C19H18FN3O2. The van der Waals surface area contributed by atoms with Crippen LogP contribution in [0.4, 0.5) is 14.9 Å². The number of aromatic nitrogens is 1. The van der Waals surface area contributed by atoms with Gasteiger partial charge in [-0.1, -0.05) is 30.3 Å². The summed E-state index contributed by atoms with van der Waals surface area (Å²) in [5.41, 5.74) is 1.85. The lowest BCUT2D eigenvalue weighted by atomic mass is 10.1. The van der Waals surface area contributed by atoms with Gasteiger partial charge in [-0.15, -0.1) is 0 Å². The number of hydrogen-bond donors (Lipinski definition) is 2. The van der Waals surface area contributed by atoms with Crippen LogP contribution >= 0.6 is 0 Å². The van der Waals surface area contributed by atoms with Crippen molar-refractivity contribution in [3.05, 3.63) is 72.2 Å². The Bertz CT molecular complexity index is 878. The SMILES string of the molecule is CN(C[C@H](O)c1ccc(F)cc1)C(=O)Nc1cccc2cccnc12. The molecule has 0 fully saturated rings. The number of anilines is 1. The highest BCUT2D eigenvalue weighted by Gasteiger charge is 2.16. The molecule has 0 unspecified atom stereocenters. The summed E-state index contributed by atoms with van der Waals surface area (Å²) in [5.74, 6) is -0.370. The average molecular weight is 339 g/mol. The number of rotatable bonds is 4. The van der Waals surface area contributed by atoms with E-state index in [-0.39, 0.29) is 18.4 Å². The number of pyridine rings is 1. The van der Waals surface area contributed by atoms with Gasteiger partial charge in [0.15, 0.2) is 0 Å². The number of carbonyl (C=O) groups is 1. The highest BCUT2D eigenvalue weighted by molar-refractivity contribution is 5.99. The monoisotopic (exact) mass is 339 g/mol. The van der Waals surface area contributed by atoms with Gasteiger partial charge in [-0.25, -0.2) is 9.18 Å². The molecule has 0 aliphatic rings. The van der Waals surface area contributed by atoms with E-state index in [0.29, 0.717) is 16.8 Å². The molecule has 1 atom stereocenters. The Hall–Kier alpha value is -2.99. The average Bonchev–Trinajstić information content (AvgIpc) is 2.62. The highest BCUT2D eigenvalue weighted by Crippen LogP contribution is 2.21. The number of urea groups is 1. The zero-order valence-corrected chi connectivity index (χ0v) is 13.7. The first kappa shape index (κ1) is 16.9. The van der Waals surface area contributed by atoms with Gasteiger partial charge < -0.3 is 15.3 Å². The van der Waals surface area contributed by atoms with Crippen molar-refractivity contribution in [2.75, 3.05) is 18.9 Å². The number of hydrogen-bond acceptors (Lipinski definition) is 3. The van der Waals surface area contributed by atoms with Gasteiger partial charge in [0.05, 0.1) is 23.9 Å². The third-order valence-corrected chi connectivity index (χ3v) is 3.92. The lowest BCUT2D eigenvalue weighted by Gasteiger charge is -2.22. The summed E-state index contributed by atoms with van der Waals surface area (Å²) in [4.78, 5) is 18.1. The molecule has 0 aliphatic carbocycles. The van der Waals surface area contributed by atoms with Gasteiger partial charge in [0.1, 0.15) is 5.82 Å². The smallest absolute Gasteiger partial charge is 0.321 e. The first-order valence-electron chi connectivity index (χ1n) is 7.84. The first-order valence-corrected chi connectivity index (χ1v) is 7.84. The molecular weight excluding hydrogens is 321 g/mol. The van der Waals surface area contributed by atoms with Gasteiger partial charge in [0, 0.05) is 18.6 Å². The van der Waals surface area contributed by atoms with Crippen molar-refractivity contribution >= 4 is 22.6 Å². The molecule has 0 bridgehead atoms. The molecule has 2 aromatic carbocycles. The molecule has 1 aromatic heterocycles. The molecule has 0 radical (unpaired) electrons. The summed E-state index contributed by atoms with van der Waals surface area (Å²) in [6.07, 6.45) is 0.766. The predicted molar refractivity (Wildman–Crippen MR) is 94.8 cm³/mol. The third kappa shape index (κ3) is 3.92. The van der Waals surface area contributed by atoms with Crippen LogP contribution in [0.2, 0.25) is 0 Å². The van der Waals surface area contributed by atoms with E-state index in [0.717, 1.165) is 5.39 Å². The van der Waals surface area contributed by atoms with Crippen molar-refractivity contribution in [3.63, 3.8) is 0 Å². The molecule has 0 saturated heterocycles. The number of carbonyl (C=O) groups excluding carboxylic acids is 1. The van der Waals surface area contributed by atoms with Crippen molar-refractivity contribution in [2.24, 2.45) is 0 Å². The molecule has 2 amide bonds. The molecule has 0 saturated carbocycles. The number of para-hydroxylation sites is 1. The van der Waals surface area contributed by atoms with E-state index in [1.807, 2.05) is 24.3 Å². The summed E-state index contributed by atoms with van der Waals surface area (Å²) < 4.78 is 12.9. The van der Waals surface area contributed by atoms with E-state index in [9.17, 15) is 14.3 Å². The first-order chi connectivity index (χ1) is 12.0. The molecule has 3 aromatic rings. The van der Waals surface area contributed by atoms with Crippen molar-refractivity contribution < 1.29 is 14.3 Å². The Morgan fingerprint density at radius 1 is 1.20 bits per heavy atom. The van der Waals surface area contributed by atoms with Gasteiger partial charge in [-0.3, -0.25) is 4.98 Å². The van der Waals surface area contributed by atoms with Crippen LogP contribution in [0.25, 0.3) is 10.9 Å². The van der Waals surface area contributed by atoms with Gasteiger partial charge in [0.2, 0.25) is 0 Å². The number of amides is 2. The second-order valence-electron chi connectivity index (χ2n) is 5.76.